The fourth-order valence-corrected chi connectivity index (χ4v) is 2.98. The van der Waals surface area contributed by atoms with Crippen molar-refractivity contribution in [2.45, 2.75) is 31.8 Å². The quantitative estimate of drug-likeness (QED) is 0.769. The molecule has 1 atom stereocenters. The summed E-state index contributed by atoms with van der Waals surface area (Å²) in [6.07, 6.45) is 1.93. The van der Waals surface area contributed by atoms with Gasteiger partial charge in [-0.3, -0.25) is 15.0 Å². The lowest BCUT2D eigenvalue weighted by atomic mass is 9.98. The number of nitrogens with zero attached hydrogens (tertiary/aromatic N) is 1. The normalized spacial score (nSPS) is 25.9. The number of amides is 2. The summed E-state index contributed by atoms with van der Waals surface area (Å²) in [5, 5.41) is 4.79. The third kappa shape index (κ3) is 2.00. The molecule has 1 fully saturated rings. The number of halogens is 1. The number of carbonyl (C=O) groups excluding carboxylic acids is 2. The number of fused-ring (bicyclic) bond motifs is 2. The van der Waals surface area contributed by atoms with Crippen LogP contribution in [0, 0.1) is 0 Å². The average molecular weight is 324 g/mol. The first-order valence-electron chi connectivity index (χ1n) is 6.21. The van der Waals surface area contributed by atoms with E-state index in [0.29, 0.717) is 12.0 Å². The third-order valence-electron chi connectivity index (χ3n) is 3.62. The van der Waals surface area contributed by atoms with Crippen LogP contribution < -0.4 is 10.7 Å². The van der Waals surface area contributed by atoms with Gasteiger partial charge < -0.3 is 5.32 Å². The lowest BCUT2D eigenvalue weighted by Gasteiger charge is -2.44. The maximum absolute atomic E-state index is 12.6. The molecule has 0 aliphatic carbocycles. The second kappa shape index (κ2) is 4.23. The molecule has 0 bridgehead atoms. The van der Waals surface area contributed by atoms with E-state index in [1.807, 2.05) is 19.1 Å². The zero-order valence-corrected chi connectivity index (χ0v) is 12.1. The Kier molecular flexibility index (Phi) is 2.78. The van der Waals surface area contributed by atoms with Crippen LogP contribution in [0.15, 0.2) is 22.7 Å². The molecule has 2 aliphatic rings. The first-order valence-corrected chi connectivity index (χ1v) is 7.01. The van der Waals surface area contributed by atoms with Crippen LogP contribution in [-0.4, -0.2) is 22.5 Å². The average Bonchev–Trinajstić information content (AvgIpc) is 2.50. The van der Waals surface area contributed by atoms with Gasteiger partial charge >= 0.3 is 0 Å². The second-order valence-electron chi connectivity index (χ2n) is 5.12. The molecule has 2 aliphatic heterocycles. The zero-order valence-electron chi connectivity index (χ0n) is 10.5. The van der Waals surface area contributed by atoms with Gasteiger partial charge in [-0.25, -0.2) is 5.01 Å². The molecular weight excluding hydrogens is 310 g/mol. The molecule has 100 valence electrons. The smallest absolute Gasteiger partial charge is 0.276 e. The number of nitrogens with one attached hydrogen (secondary N) is 2. The summed E-state index contributed by atoms with van der Waals surface area (Å²) in [6.45, 7) is 1.93. The highest BCUT2D eigenvalue weighted by atomic mass is 79.9. The summed E-state index contributed by atoms with van der Waals surface area (Å²) in [7, 11) is 0. The van der Waals surface area contributed by atoms with Gasteiger partial charge in [0.25, 0.3) is 5.91 Å². The summed E-state index contributed by atoms with van der Waals surface area (Å²) in [6, 6.07) is 5.54. The molecule has 0 aromatic heterocycles. The predicted octanol–water partition coefficient (Wildman–Crippen LogP) is 2.25. The van der Waals surface area contributed by atoms with E-state index >= 15 is 0 Å². The van der Waals surface area contributed by atoms with Gasteiger partial charge in [0.05, 0.1) is 5.56 Å². The van der Waals surface area contributed by atoms with Gasteiger partial charge in [0.1, 0.15) is 5.66 Å². The van der Waals surface area contributed by atoms with Crippen LogP contribution in [0.4, 0.5) is 5.69 Å². The maximum atomic E-state index is 12.6. The third-order valence-corrected chi connectivity index (χ3v) is 4.11. The van der Waals surface area contributed by atoms with E-state index in [1.165, 1.54) is 5.01 Å². The minimum atomic E-state index is -0.565. The Balaban J connectivity index is 2.08. The second-order valence-corrected chi connectivity index (χ2v) is 6.03. The summed E-state index contributed by atoms with van der Waals surface area (Å²) >= 11 is 3.36. The Morgan fingerprint density at radius 2 is 2.16 bits per heavy atom. The van der Waals surface area contributed by atoms with Gasteiger partial charge in [0, 0.05) is 16.6 Å². The first kappa shape index (κ1) is 12.5. The number of hydrogen-bond acceptors (Lipinski definition) is 3. The summed E-state index contributed by atoms with van der Waals surface area (Å²) < 4.78 is 0.839. The molecule has 0 radical (unpaired) electrons. The molecular formula is C13H14BrN3O2. The van der Waals surface area contributed by atoms with Crippen molar-refractivity contribution in [2.24, 2.45) is 0 Å². The maximum Gasteiger partial charge on any atom is 0.276 e. The predicted molar refractivity (Wildman–Crippen MR) is 74.3 cm³/mol. The van der Waals surface area contributed by atoms with Crippen LogP contribution >= 0.6 is 15.9 Å². The molecule has 0 spiro atoms. The summed E-state index contributed by atoms with van der Waals surface area (Å²) in [5.74, 6) is -0.287. The van der Waals surface area contributed by atoms with Crippen molar-refractivity contribution < 1.29 is 9.59 Å². The molecule has 6 heteroatoms. The molecule has 2 N–H and O–H groups in total. The number of anilines is 1. The molecule has 0 saturated carbocycles. The van der Waals surface area contributed by atoms with E-state index in [1.54, 1.807) is 6.07 Å². The molecule has 2 heterocycles. The number of hydrogen-bond donors (Lipinski definition) is 2. The highest BCUT2D eigenvalue weighted by molar-refractivity contribution is 9.10. The van der Waals surface area contributed by atoms with Gasteiger partial charge in [0.2, 0.25) is 5.91 Å². The van der Waals surface area contributed by atoms with Crippen LogP contribution in [0.25, 0.3) is 0 Å². The molecule has 1 aromatic carbocycles. The van der Waals surface area contributed by atoms with Crippen molar-refractivity contribution in [3.05, 3.63) is 28.2 Å². The number of carbonyl (C=O) groups is 2. The van der Waals surface area contributed by atoms with Crippen LogP contribution in [0.5, 0.6) is 0 Å². The topological polar surface area (TPSA) is 61.4 Å². The van der Waals surface area contributed by atoms with Crippen molar-refractivity contribution in [1.29, 1.82) is 0 Å². The Bertz CT molecular complexity index is 575. The van der Waals surface area contributed by atoms with Crippen LogP contribution in [-0.2, 0) is 4.79 Å². The number of hydrazine groups is 1. The monoisotopic (exact) mass is 323 g/mol. The number of benzene rings is 1. The van der Waals surface area contributed by atoms with Crippen molar-refractivity contribution in [3.8, 4) is 0 Å². The lowest BCUT2D eigenvalue weighted by Crippen LogP contribution is -2.63. The van der Waals surface area contributed by atoms with Crippen molar-refractivity contribution in [1.82, 2.24) is 10.4 Å². The molecule has 1 aromatic rings. The van der Waals surface area contributed by atoms with E-state index in [4.69, 9.17) is 0 Å². The summed E-state index contributed by atoms with van der Waals surface area (Å²) in [5.41, 5.74) is 3.51. The Labute approximate surface area is 119 Å². The van der Waals surface area contributed by atoms with Crippen molar-refractivity contribution >= 4 is 33.4 Å². The Morgan fingerprint density at radius 1 is 1.37 bits per heavy atom. The number of rotatable bonds is 0. The van der Waals surface area contributed by atoms with Gasteiger partial charge in [-0.1, -0.05) is 15.9 Å². The fourth-order valence-electron chi connectivity index (χ4n) is 2.62. The molecule has 1 saturated heterocycles. The highest BCUT2D eigenvalue weighted by Gasteiger charge is 2.43. The molecule has 19 heavy (non-hydrogen) atoms. The van der Waals surface area contributed by atoms with E-state index < -0.39 is 5.66 Å². The van der Waals surface area contributed by atoms with Crippen LogP contribution in [0.2, 0.25) is 0 Å². The Morgan fingerprint density at radius 3 is 2.95 bits per heavy atom. The van der Waals surface area contributed by atoms with Gasteiger partial charge in [-0.2, -0.15) is 0 Å². The fraction of sp³-hybridized carbons (Fsp3) is 0.385. The van der Waals surface area contributed by atoms with Crippen LogP contribution in [0.1, 0.15) is 36.5 Å². The minimum Gasteiger partial charge on any atom is -0.361 e. The minimum absolute atomic E-state index is 0.114. The van der Waals surface area contributed by atoms with E-state index in [9.17, 15) is 9.59 Å². The standard InChI is InChI=1S/C13H14BrN3O2/c1-13-6-2-3-11(18)16-17(13)12(19)9-7-8(14)4-5-10(9)15-13/h4-5,7,15H,2-3,6H2,1H3,(H,16,18). The van der Waals surface area contributed by atoms with Gasteiger partial charge in [0.15, 0.2) is 0 Å². The van der Waals surface area contributed by atoms with Crippen LogP contribution in [0.3, 0.4) is 0 Å². The van der Waals surface area contributed by atoms with Gasteiger partial charge in [-0.15, -0.1) is 0 Å². The van der Waals surface area contributed by atoms with Crippen molar-refractivity contribution in [2.75, 3.05) is 5.32 Å². The van der Waals surface area contributed by atoms with E-state index in [2.05, 4.69) is 26.7 Å². The molecule has 2 amide bonds. The Hall–Kier alpha value is -1.56. The SMILES string of the molecule is CC12CCCC(=O)NN1C(=O)c1cc(Br)ccc1N2. The van der Waals surface area contributed by atoms with E-state index in [-0.39, 0.29) is 11.8 Å². The lowest BCUT2D eigenvalue weighted by molar-refractivity contribution is -0.125. The first-order chi connectivity index (χ1) is 8.99. The molecule has 3 rings (SSSR count). The molecule has 1 unspecified atom stereocenters. The largest absolute Gasteiger partial charge is 0.361 e. The zero-order chi connectivity index (χ0) is 13.6. The molecule has 5 nitrogen and oxygen atoms in total. The van der Waals surface area contributed by atoms with Crippen molar-refractivity contribution in [3.63, 3.8) is 0 Å². The van der Waals surface area contributed by atoms with E-state index in [0.717, 1.165) is 23.0 Å². The van der Waals surface area contributed by atoms with Gasteiger partial charge in [-0.05, 0) is 38.0 Å². The highest BCUT2D eigenvalue weighted by Crippen LogP contribution is 2.35. The summed E-state index contributed by atoms with van der Waals surface area (Å²) in [4.78, 5) is 24.2.